The Kier molecular flexibility index (Phi) is 6.98. The molecular weight excluding hydrogens is 322 g/mol. The molecule has 6 heteroatoms. The lowest BCUT2D eigenvalue weighted by Gasteiger charge is -2.08. The van der Waals surface area contributed by atoms with Crippen LogP contribution < -0.4 is 10.1 Å². The van der Waals surface area contributed by atoms with Crippen molar-refractivity contribution in [3.8, 4) is 5.75 Å². The number of rotatable bonds is 9. The summed E-state index contributed by atoms with van der Waals surface area (Å²) in [6.07, 6.45) is 0.138. The Labute approximate surface area is 146 Å². The van der Waals surface area contributed by atoms with Gasteiger partial charge in [-0.05, 0) is 35.4 Å². The number of ether oxygens (including phenoxy) is 2. The van der Waals surface area contributed by atoms with Crippen LogP contribution in [0.3, 0.4) is 0 Å². The average molecular weight is 343 g/mol. The fourth-order valence-corrected chi connectivity index (χ4v) is 2.21. The summed E-state index contributed by atoms with van der Waals surface area (Å²) in [5.41, 5.74) is 1.79. The molecule has 132 valence electrons. The molecule has 25 heavy (non-hydrogen) atoms. The molecular formula is C19H21NO5. The number of carbonyl (C=O) groups is 2. The molecule has 0 unspecified atom stereocenters. The van der Waals surface area contributed by atoms with Gasteiger partial charge in [-0.2, -0.15) is 0 Å². The lowest BCUT2D eigenvalue weighted by atomic mass is 10.1. The number of benzene rings is 2. The number of carboxylic acids is 1. The molecule has 0 bridgehead atoms. The van der Waals surface area contributed by atoms with Crippen molar-refractivity contribution in [3.63, 3.8) is 0 Å². The normalized spacial score (nSPS) is 10.3. The number of carbonyl (C=O) groups excluding carboxylic acids is 1. The lowest BCUT2D eigenvalue weighted by molar-refractivity contribution is -0.120. The summed E-state index contributed by atoms with van der Waals surface area (Å²) in [5.74, 6) is -0.421. The highest BCUT2D eigenvalue weighted by Gasteiger charge is 2.07. The maximum Gasteiger partial charge on any atom is 0.335 e. The first-order valence-corrected chi connectivity index (χ1v) is 7.88. The van der Waals surface area contributed by atoms with Gasteiger partial charge in [-0.1, -0.05) is 24.3 Å². The number of nitrogens with one attached hydrogen (secondary N) is 1. The molecule has 0 fully saturated rings. The molecule has 0 aromatic heterocycles. The van der Waals surface area contributed by atoms with Crippen molar-refractivity contribution in [2.45, 2.75) is 13.0 Å². The van der Waals surface area contributed by atoms with Gasteiger partial charge in [-0.3, -0.25) is 4.79 Å². The van der Waals surface area contributed by atoms with E-state index in [0.29, 0.717) is 25.3 Å². The van der Waals surface area contributed by atoms with E-state index in [0.717, 1.165) is 11.3 Å². The Balaban J connectivity index is 1.81. The van der Waals surface area contributed by atoms with E-state index in [9.17, 15) is 9.59 Å². The third-order valence-electron chi connectivity index (χ3n) is 3.51. The Bertz CT molecular complexity index is 712. The van der Waals surface area contributed by atoms with E-state index in [1.807, 2.05) is 24.3 Å². The summed E-state index contributed by atoms with van der Waals surface area (Å²) in [6, 6.07) is 13.8. The highest BCUT2D eigenvalue weighted by molar-refractivity contribution is 5.88. The van der Waals surface area contributed by atoms with Crippen LogP contribution >= 0.6 is 0 Å². The molecule has 0 aliphatic rings. The van der Waals surface area contributed by atoms with Gasteiger partial charge in [0.1, 0.15) is 12.4 Å². The molecule has 2 N–H and O–H groups in total. The number of aromatic carboxylic acids is 1. The summed E-state index contributed by atoms with van der Waals surface area (Å²) in [6.45, 7) is 1.42. The van der Waals surface area contributed by atoms with Crippen LogP contribution in [0, 0.1) is 0 Å². The molecule has 1 amide bonds. The highest BCUT2D eigenvalue weighted by atomic mass is 16.5. The van der Waals surface area contributed by atoms with Gasteiger partial charge >= 0.3 is 5.97 Å². The molecule has 0 atom stereocenters. The smallest absolute Gasteiger partial charge is 0.335 e. The van der Waals surface area contributed by atoms with Crippen molar-refractivity contribution in [3.05, 3.63) is 65.2 Å². The molecule has 0 aliphatic heterocycles. The van der Waals surface area contributed by atoms with Crippen LogP contribution in [0.5, 0.6) is 5.75 Å². The molecule has 0 aliphatic carbocycles. The number of hydrogen-bond donors (Lipinski definition) is 2. The van der Waals surface area contributed by atoms with Crippen LogP contribution in [-0.2, 0) is 22.5 Å². The first-order valence-electron chi connectivity index (χ1n) is 7.88. The summed E-state index contributed by atoms with van der Waals surface area (Å²) < 4.78 is 10.4. The van der Waals surface area contributed by atoms with Gasteiger partial charge < -0.3 is 19.9 Å². The molecule has 2 aromatic rings. The number of methoxy groups -OCH3 is 1. The van der Waals surface area contributed by atoms with Gasteiger partial charge in [-0.15, -0.1) is 0 Å². The van der Waals surface area contributed by atoms with E-state index in [4.69, 9.17) is 14.6 Å². The standard InChI is InChI=1S/C19H21NO5/c1-24-9-10-25-17-7-5-14(6-8-17)13-20-18(21)12-15-3-2-4-16(11-15)19(22)23/h2-8,11H,9-10,12-13H2,1H3,(H,20,21)(H,22,23). The molecule has 2 rings (SSSR count). The molecule has 0 spiro atoms. The second-order valence-electron chi connectivity index (χ2n) is 5.44. The summed E-state index contributed by atoms with van der Waals surface area (Å²) in [7, 11) is 1.62. The van der Waals surface area contributed by atoms with Crippen molar-refractivity contribution in [2.24, 2.45) is 0 Å². The van der Waals surface area contributed by atoms with E-state index >= 15 is 0 Å². The quantitative estimate of drug-likeness (QED) is 0.682. The van der Waals surface area contributed by atoms with Gasteiger partial charge in [0.15, 0.2) is 0 Å². The van der Waals surface area contributed by atoms with Crippen LogP contribution in [0.4, 0.5) is 0 Å². The van der Waals surface area contributed by atoms with Crippen LogP contribution in [0.2, 0.25) is 0 Å². The largest absolute Gasteiger partial charge is 0.491 e. The Hall–Kier alpha value is -2.86. The minimum absolute atomic E-state index is 0.138. The zero-order chi connectivity index (χ0) is 18.1. The second kappa shape index (κ2) is 9.44. The maximum absolute atomic E-state index is 12.0. The minimum Gasteiger partial charge on any atom is -0.491 e. The van der Waals surface area contributed by atoms with Gasteiger partial charge in [0, 0.05) is 13.7 Å². The van der Waals surface area contributed by atoms with Crippen LogP contribution in [0.15, 0.2) is 48.5 Å². The molecule has 0 saturated carbocycles. The first kappa shape index (κ1) is 18.5. The van der Waals surface area contributed by atoms with Crippen molar-refractivity contribution < 1.29 is 24.2 Å². The van der Waals surface area contributed by atoms with E-state index in [2.05, 4.69) is 5.32 Å². The monoisotopic (exact) mass is 343 g/mol. The van der Waals surface area contributed by atoms with Gasteiger partial charge in [0.2, 0.25) is 5.91 Å². The Morgan fingerprint density at radius 2 is 1.80 bits per heavy atom. The summed E-state index contributed by atoms with van der Waals surface area (Å²) in [5, 5.41) is 11.8. The second-order valence-corrected chi connectivity index (χ2v) is 5.44. The molecule has 0 radical (unpaired) electrons. The molecule has 2 aromatic carbocycles. The van der Waals surface area contributed by atoms with Gasteiger partial charge in [0.05, 0.1) is 18.6 Å². The van der Waals surface area contributed by atoms with Crippen molar-refractivity contribution in [1.82, 2.24) is 5.32 Å². The first-order chi connectivity index (χ1) is 12.1. The van der Waals surface area contributed by atoms with Crippen molar-refractivity contribution >= 4 is 11.9 Å². The van der Waals surface area contributed by atoms with E-state index in [-0.39, 0.29) is 17.9 Å². The topological polar surface area (TPSA) is 84.9 Å². The molecule has 0 saturated heterocycles. The maximum atomic E-state index is 12.0. The van der Waals surface area contributed by atoms with E-state index in [1.54, 1.807) is 19.2 Å². The van der Waals surface area contributed by atoms with E-state index in [1.165, 1.54) is 12.1 Å². The fraction of sp³-hybridized carbons (Fsp3) is 0.263. The SMILES string of the molecule is COCCOc1ccc(CNC(=O)Cc2cccc(C(=O)O)c2)cc1. The van der Waals surface area contributed by atoms with Crippen LogP contribution in [0.25, 0.3) is 0 Å². The summed E-state index contributed by atoms with van der Waals surface area (Å²) in [4.78, 5) is 23.0. The predicted octanol–water partition coefficient (Wildman–Crippen LogP) is 2.27. The highest BCUT2D eigenvalue weighted by Crippen LogP contribution is 2.12. The minimum atomic E-state index is -1.00. The number of hydrogen-bond acceptors (Lipinski definition) is 4. The molecule has 6 nitrogen and oxygen atoms in total. The zero-order valence-corrected chi connectivity index (χ0v) is 14.0. The lowest BCUT2D eigenvalue weighted by Crippen LogP contribution is -2.24. The Morgan fingerprint density at radius 3 is 2.48 bits per heavy atom. The Morgan fingerprint density at radius 1 is 1.04 bits per heavy atom. The third kappa shape index (κ3) is 6.27. The van der Waals surface area contributed by atoms with Crippen LogP contribution in [0.1, 0.15) is 21.5 Å². The fourth-order valence-electron chi connectivity index (χ4n) is 2.21. The van der Waals surface area contributed by atoms with E-state index < -0.39 is 5.97 Å². The van der Waals surface area contributed by atoms with Gasteiger partial charge in [0.25, 0.3) is 0 Å². The number of carboxylic acid groups (broad SMARTS) is 1. The number of amides is 1. The van der Waals surface area contributed by atoms with Crippen molar-refractivity contribution in [2.75, 3.05) is 20.3 Å². The van der Waals surface area contributed by atoms with Gasteiger partial charge in [-0.25, -0.2) is 4.79 Å². The zero-order valence-electron chi connectivity index (χ0n) is 14.0. The summed E-state index contributed by atoms with van der Waals surface area (Å²) >= 11 is 0. The molecule has 0 heterocycles. The van der Waals surface area contributed by atoms with Crippen molar-refractivity contribution in [1.29, 1.82) is 0 Å². The van der Waals surface area contributed by atoms with Crippen LogP contribution in [-0.4, -0.2) is 37.3 Å². The predicted molar refractivity (Wildman–Crippen MR) is 92.8 cm³/mol. The third-order valence-corrected chi connectivity index (χ3v) is 3.51. The average Bonchev–Trinajstić information content (AvgIpc) is 2.61.